The molecule has 1 N–H and O–H groups in total. The lowest BCUT2D eigenvalue weighted by Crippen LogP contribution is -2.20. The van der Waals surface area contributed by atoms with Crippen molar-refractivity contribution in [1.29, 1.82) is 0 Å². The first-order valence-electron chi connectivity index (χ1n) is 7.36. The smallest absolute Gasteiger partial charge is 0.122 e. The van der Waals surface area contributed by atoms with E-state index >= 15 is 0 Å². The Morgan fingerprint density at radius 3 is 2.90 bits per heavy atom. The van der Waals surface area contributed by atoms with Gasteiger partial charge in [-0.25, -0.2) is 0 Å². The predicted molar refractivity (Wildman–Crippen MR) is 87.8 cm³/mol. The summed E-state index contributed by atoms with van der Waals surface area (Å²) in [7, 11) is 0. The van der Waals surface area contributed by atoms with Gasteiger partial charge < -0.3 is 9.84 Å². The van der Waals surface area contributed by atoms with Crippen LogP contribution in [0.15, 0.2) is 53.0 Å². The highest BCUT2D eigenvalue weighted by atomic mass is 79.9. The van der Waals surface area contributed by atoms with Gasteiger partial charge in [-0.05, 0) is 54.5 Å². The van der Waals surface area contributed by atoms with Crippen LogP contribution in [-0.4, -0.2) is 17.8 Å². The molecule has 2 aromatic rings. The van der Waals surface area contributed by atoms with Gasteiger partial charge in [-0.3, -0.25) is 0 Å². The van der Waals surface area contributed by atoms with Crippen LogP contribution in [0, 0.1) is 0 Å². The summed E-state index contributed by atoms with van der Waals surface area (Å²) in [6, 6.07) is 16.3. The van der Waals surface area contributed by atoms with E-state index in [0.717, 1.165) is 35.2 Å². The molecule has 3 heteroatoms. The van der Waals surface area contributed by atoms with Gasteiger partial charge in [0.2, 0.25) is 0 Å². The van der Waals surface area contributed by atoms with Crippen LogP contribution in [0.5, 0.6) is 5.75 Å². The number of aliphatic hydroxyl groups excluding tert-OH is 1. The highest BCUT2D eigenvalue weighted by molar-refractivity contribution is 9.10. The van der Waals surface area contributed by atoms with Crippen molar-refractivity contribution in [3.63, 3.8) is 0 Å². The van der Waals surface area contributed by atoms with Crippen molar-refractivity contribution in [1.82, 2.24) is 0 Å². The van der Waals surface area contributed by atoms with E-state index in [4.69, 9.17) is 4.74 Å². The van der Waals surface area contributed by atoms with Crippen LogP contribution in [0.3, 0.4) is 0 Å². The fraction of sp³-hybridized carbons (Fsp3) is 0.333. The van der Waals surface area contributed by atoms with E-state index in [2.05, 4.69) is 34.1 Å². The summed E-state index contributed by atoms with van der Waals surface area (Å²) in [5.41, 5.74) is 2.40. The standard InChI is InChI=1S/C18H19BrO2/c19-15-5-3-4-13(10-15)11-16(20)12-14-8-9-21-18-7-2-1-6-17(14)18/h1-7,10,14,16,20H,8-9,11-12H2. The number of para-hydroxylation sites is 1. The Morgan fingerprint density at radius 1 is 1.19 bits per heavy atom. The normalized spacial score (nSPS) is 18.7. The minimum absolute atomic E-state index is 0.324. The lowest BCUT2D eigenvalue weighted by atomic mass is 9.87. The zero-order chi connectivity index (χ0) is 14.7. The molecule has 110 valence electrons. The van der Waals surface area contributed by atoms with Gasteiger partial charge in [-0.1, -0.05) is 46.3 Å². The Labute approximate surface area is 133 Å². The van der Waals surface area contributed by atoms with Gasteiger partial charge in [0.15, 0.2) is 0 Å². The minimum atomic E-state index is -0.324. The number of hydrogen-bond donors (Lipinski definition) is 1. The van der Waals surface area contributed by atoms with Gasteiger partial charge in [-0.15, -0.1) is 0 Å². The summed E-state index contributed by atoms with van der Waals surface area (Å²) < 4.78 is 6.74. The van der Waals surface area contributed by atoms with Crippen LogP contribution < -0.4 is 4.74 Å². The largest absolute Gasteiger partial charge is 0.493 e. The van der Waals surface area contributed by atoms with Crippen molar-refractivity contribution in [2.24, 2.45) is 0 Å². The first-order chi connectivity index (χ1) is 10.2. The maximum atomic E-state index is 10.4. The summed E-state index contributed by atoms with van der Waals surface area (Å²) in [5.74, 6) is 1.36. The molecule has 3 rings (SSSR count). The van der Waals surface area contributed by atoms with E-state index in [-0.39, 0.29) is 6.10 Å². The van der Waals surface area contributed by atoms with Gasteiger partial charge in [0.25, 0.3) is 0 Å². The average molecular weight is 347 g/mol. The van der Waals surface area contributed by atoms with Gasteiger partial charge in [-0.2, -0.15) is 0 Å². The number of fused-ring (bicyclic) bond motifs is 1. The van der Waals surface area contributed by atoms with Crippen molar-refractivity contribution in [2.75, 3.05) is 6.61 Å². The Kier molecular flexibility index (Phi) is 4.61. The second-order valence-electron chi connectivity index (χ2n) is 5.60. The molecule has 1 heterocycles. The lowest BCUT2D eigenvalue weighted by molar-refractivity contribution is 0.143. The van der Waals surface area contributed by atoms with E-state index in [9.17, 15) is 5.11 Å². The molecule has 0 fully saturated rings. The summed E-state index contributed by atoms with van der Waals surface area (Å²) in [4.78, 5) is 0. The zero-order valence-electron chi connectivity index (χ0n) is 11.8. The molecule has 0 bridgehead atoms. The molecular formula is C18H19BrO2. The number of halogens is 1. The average Bonchev–Trinajstić information content (AvgIpc) is 2.47. The number of benzene rings is 2. The summed E-state index contributed by atoms with van der Waals surface area (Å²) in [5, 5.41) is 10.4. The maximum Gasteiger partial charge on any atom is 0.122 e. The second-order valence-corrected chi connectivity index (χ2v) is 6.51. The Morgan fingerprint density at radius 2 is 2.05 bits per heavy atom. The number of hydrogen-bond acceptors (Lipinski definition) is 2. The second kappa shape index (κ2) is 6.63. The van der Waals surface area contributed by atoms with E-state index in [0.29, 0.717) is 12.3 Å². The molecule has 21 heavy (non-hydrogen) atoms. The summed E-state index contributed by atoms with van der Waals surface area (Å²) >= 11 is 3.47. The molecule has 0 aromatic heterocycles. The van der Waals surface area contributed by atoms with Crippen molar-refractivity contribution in [3.8, 4) is 5.75 Å². The fourth-order valence-electron chi connectivity index (χ4n) is 3.01. The summed E-state index contributed by atoms with van der Waals surface area (Å²) in [6.45, 7) is 0.741. The molecule has 0 amide bonds. The monoisotopic (exact) mass is 346 g/mol. The topological polar surface area (TPSA) is 29.5 Å². The Hall–Kier alpha value is -1.32. The quantitative estimate of drug-likeness (QED) is 0.893. The van der Waals surface area contributed by atoms with E-state index in [1.54, 1.807) is 0 Å². The number of ether oxygens (including phenoxy) is 1. The third kappa shape index (κ3) is 3.66. The van der Waals surface area contributed by atoms with Crippen LogP contribution in [0.4, 0.5) is 0 Å². The van der Waals surface area contributed by atoms with Crippen LogP contribution in [-0.2, 0) is 6.42 Å². The number of aliphatic hydroxyl groups is 1. The molecule has 2 nitrogen and oxygen atoms in total. The minimum Gasteiger partial charge on any atom is -0.493 e. The first kappa shape index (κ1) is 14.6. The Balaban J connectivity index is 1.67. The van der Waals surface area contributed by atoms with Gasteiger partial charge in [0, 0.05) is 4.47 Å². The molecule has 0 aliphatic carbocycles. The van der Waals surface area contributed by atoms with E-state index in [1.165, 1.54) is 5.56 Å². The zero-order valence-corrected chi connectivity index (χ0v) is 13.4. The van der Waals surface area contributed by atoms with Crippen molar-refractivity contribution in [2.45, 2.75) is 31.3 Å². The van der Waals surface area contributed by atoms with Crippen LogP contribution in [0.2, 0.25) is 0 Å². The molecular weight excluding hydrogens is 328 g/mol. The SMILES string of the molecule is OC(Cc1cccc(Br)c1)CC1CCOc2ccccc21. The highest BCUT2D eigenvalue weighted by Gasteiger charge is 2.23. The molecule has 0 spiro atoms. The van der Waals surface area contributed by atoms with Crippen LogP contribution in [0.1, 0.15) is 29.9 Å². The van der Waals surface area contributed by atoms with Crippen molar-refractivity contribution >= 4 is 15.9 Å². The molecule has 1 aliphatic rings. The highest BCUT2D eigenvalue weighted by Crippen LogP contribution is 2.36. The molecule has 0 saturated heterocycles. The molecule has 0 radical (unpaired) electrons. The molecule has 2 aromatic carbocycles. The van der Waals surface area contributed by atoms with E-state index < -0.39 is 0 Å². The van der Waals surface area contributed by atoms with Crippen molar-refractivity contribution < 1.29 is 9.84 Å². The Bertz CT molecular complexity index is 612. The third-order valence-electron chi connectivity index (χ3n) is 4.00. The third-order valence-corrected chi connectivity index (χ3v) is 4.49. The van der Waals surface area contributed by atoms with Crippen LogP contribution >= 0.6 is 15.9 Å². The molecule has 2 unspecified atom stereocenters. The lowest BCUT2D eigenvalue weighted by Gasteiger charge is -2.27. The van der Waals surface area contributed by atoms with Crippen LogP contribution in [0.25, 0.3) is 0 Å². The molecule has 2 atom stereocenters. The maximum absolute atomic E-state index is 10.4. The van der Waals surface area contributed by atoms with Gasteiger partial charge >= 0.3 is 0 Å². The first-order valence-corrected chi connectivity index (χ1v) is 8.16. The predicted octanol–water partition coefficient (Wildman–Crippen LogP) is 4.31. The van der Waals surface area contributed by atoms with Crippen molar-refractivity contribution in [3.05, 3.63) is 64.1 Å². The fourth-order valence-corrected chi connectivity index (χ4v) is 3.46. The van der Waals surface area contributed by atoms with Gasteiger partial charge in [0.05, 0.1) is 12.7 Å². The summed E-state index contributed by atoms with van der Waals surface area (Å²) in [6.07, 6.45) is 2.13. The van der Waals surface area contributed by atoms with E-state index in [1.807, 2.05) is 30.3 Å². The molecule has 1 aliphatic heterocycles. The number of rotatable bonds is 4. The molecule has 0 saturated carbocycles. The van der Waals surface area contributed by atoms with Gasteiger partial charge in [0.1, 0.15) is 5.75 Å².